The third-order valence-electron chi connectivity index (χ3n) is 5.55. The van der Waals surface area contributed by atoms with Gasteiger partial charge in [-0.15, -0.1) is 0 Å². The number of rotatable bonds is 8. The van der Waals surface area contributed by atoms with E-state index in [1.165, 1.54) is 7.05 Å². The van der Waals surface area contributed by atoms with Crippen LogP contribution in [0.3, 0.4) is 0 Å². The van der Waals surface area contributed by atoms with Crippen molar-refractivity contribution >= 4 is 40.6 Å². The Bertz CT molecular complexity index is 1280. The standard InChI is InChI=1S/C24H23FN6O4/c1-26-20(32)12-34-16-4-2-3-14(9-16)29-24-27-11-17(25)22(31-24)28-15-7-8-19-18(10-15)30-23(33)21(35-19)13-5-6-13/h2-4,7-11,13,21H,5-6,12H2,1H3,(H,26,32)(H,30,33)(H2,27,28,29,31). The molecular formula is C24H23FN6O4. The topological polar surface area (TPSA) is 126 Å². The van der Waals surface area contributed by atoms with Crippen molar-refractivity contribution in [2.24, 2.45) is 5.92 Å². The van der Waals surface area contributed by atoms with Crippen LogP contribution in [0.25, 0.3) is 0 Å². The molecule has 0 saturated heterocycles. The van der Waals surface area contributed by atoms with Gasteiger partial charge in [0.05, 0.1) is 11.9 Å². The van der Waals surface area contributed by atoms with E-state index in [9.17, 15) is 14.0 Å². The van der Waals surface area contributed by atoms with E-state index in [4.69, 9.17) is 9.47 Å². The Labute approximate surface area is 200 Å². The van der Waals surface area contributed by atoms with Gasteiger partial charge in [-0.25, -0.2) is 9.37 Å². The second-order valence-electron chi connectivity index (χ2n) is 8.21. The molecule has 180 valence electrons. The summed E-state index contributed by atoms with van der Waals surface area (Å²) in [5, 5.41) is 11.3. The van der Waals surface area contributed by atoms with Crippen LogP contribution in [-0.2, 0) is 9.59 Å². The lowest BCUT2D eigenvalue weighted by Crippen LogP contribution is -2.38. The summed E-state index contributed by atoms with van der Waals surface area (Å²) in [6, 6.07) is 12.0. The number of nitrogens with one attached hydrogen (secondary N) is 4. The van der Waals surface area contributed by atoms with Crippen LogP contribution in [-0.4, -0.2) is 41.5 Å². The van der Waals surface area contributed by atoms with Crippen LogP contribution in [0.2, 0.25) is 0 Å². The summed E-state index contributed by atoms with van der Waals surface area (Å²) in [7, 11) is 1.53. The zero-order valence-corrected chi connectivity index (χ0v) is 18.8. The van der Waals surface area contributed by atoms with Gasteiger partial charge in [-0.1, -0.05) is 6.07 Å². The van der Waals surface area contributed by atoms with E-state index in [-0.39, 0.29) is 36.1 Å². The van der Waals surface area contributed by atoms with Crippen molar-refractivity contribution in [3.05, 3.63) is 54.5 Å². The van der Waals surface area contributed by atoms with E-state index in [0.717, 1.165) is 19.0 Å². The minimum Gasteiger partial charge on any atom is -0.484 e. The highest BCUT2D eigenvalue weighted by Crippen LogP contribution is 2.41. The number of carbonyl (C=O) groups is 2. The smallest absolute Gasteiger partial charge is 0.265 e. The highest BCUT2D eigenvalue weighted by molar-refractivity contribution is 5.98. The zero-order chi connectivity index (χ0) is 24.4. The number of hydrogen-bond acceptors (Lipinski definition) is 8. The average Bonchev–Trinajstić information content (AvgIpc) is 3.70. The molecule has 1 aromatic heterocycles. The Morgan fingerprint density at radius 1 is 1.20 bits per heavy atom. The maximum Gasteiger partial charge on any atom is 0.265 e. The quantitative estimate of drug-likeness (QED) is 0.388. The zero-order valence-electron chi connectivity index (χ0n) is 18.8. The molecular weight excluding hydrogens is 455 g/mol. The molecule has 10 nitrogen and oxygen atoms in total. The Kier molecular flexibility index (Phi) is 6.04. The molecule has 1 unspecified atom stereocenters. The van der Waals surface area contributed by atoms with Crippen LogP contribution in [0.5, 0.6) is 11.5 Å². The molecule has 1 atom stereocenters. The number of ether oxygens (including phenoxy) is 2. The van der Waals surface area contributed by atoms with Gasteiger partial charge in [0, 0.05) is 30.4 Å². The van der Waals surface area contributed by atoms with E-state index in [2.05, 4.69) is 31.2 Å². The van der Waals surface area contributed by atoms with Crippen molar-refractivity contribution in [1.29, 1.82) is 0 Å². The van der Waals surface area contributed by atoms with Crippen molar-refractivity contribution in [2.75, 3.05) is 29.6 Å². The Balaban J connectivity index is 1.28. The summed E-state index contributed by atoms with van der Waals surface area (Å²) < 4.78 is 25.7. The maximum atomic E-state index is 14.4. The third-order valence-corrected chi connectivity index (χ3v) is 5.55. The van der Waals surface area contributed by atoms with Gasteiger partial charge >= 0.3 is 0 Å². The first-order valence-corrected chi connectivity index (χ1v) is 11.1. The largest absolute Gasteiger partial charge is 0.484 e. The number of carbonyl (C=O) groups excluding carboxylic acids is 2. The van der Waals surface area contributed by atoms with Crippen molar-refractivity contribution in [1.82, 2.24) is 15.3 Å². The van der Waals surface area contributed by atoms with Crippen LogP contribution in [0.15, 0.2) is 48.7 Å². The fraction of sp³-hybridized carbons (Fsp3) is 0.250. The van der Waals surface area contributed by atoms with Gasteiger partial charge in [0.1, 0.15) is 11.5 Å². The molecule has 11 heteroatoms. The molecule has 0 radical (unpaired) electrons. The SMILES string of the molecule is CNC(=O)COc1cccc(Nc2ncc(F)c(Nc3ccc4c(c3)NC(=O)C(C3CC3)O4)n2)c1. The first-order chi connectivity index (χ1) is 17.0. The van der Waals surface area contributed by atoms with Gasteiger partial charge in [-0.2, -0.15) is 4.98 Å². The van der Waals surface area contributed by atoms with E-state index >= 15 is 0 Å². The van der Waals surface area contributed by atoms with Crippen LogP contribution in [0.4, 0.5) is 33.2 Å². The fourth-order valence-electron chi connectivity index (χ4n) is 3.58. The molecule has 0 bridgehead atoms. The summed E-state index contributed by atoms with van der Waals surface area (Å²) in [4.78, 5) is 31.9. The molecule has 2 aliphatic rings. The number of fused-ring (bicyclic) bond motifs is 1. The highest BCUT2D eigenvalue weighted by atomic mass is 19.1. The summed E-state index contributed by atoms with van der Waals surface area (Å²) in [6.07, 6.45) is 2.57. The number of hydrogen-bond donors (Lipinski definition) is 4. The van der Waals surface area contributed by atoms with Crippen LogP contribution < -0.4 is 30.7 Å². The fourth-order valence-corrected chi connectivity index (χ4v) is 3.58. The number of aromatic nitrogens is 2. The summed E-state index contributed by atoms with van der Waals surface area (Å²) in [5.41, 5.74) is 1.62. The number of amides is 2. The number of benzene rings is 2. The first-order valence-electron chi connectivity index (χ1n) is 11.1. The molecule has 1 fully saturated rings. The van der Waals surface area contributed by atoms with E-state index in [0.29, 0.717) is 28.6 Å². The maximum absolute atomic E-state index is 14.4. The number of nitrogens with zero attached hydrogens (tertiary/aromatic N) is 2. The van der Waals surface area contributed by atoms with Gasteiger partial charge in [-0.05, 0) is 43.2 Å². The molecule has 1 saturated carbocycles. The lowest BCUT2D eigenvalue weighted by atomic mass is 10.1. The Morgan fingerprint density at radius 3 is 2.83 bits per heavy atom. The Hall–Kier alpha value is -4.41. The molecule has 2 heterocycles. The van der Waals surface area contributed by atoms with E-state index in [1.54, 1.807) is 42.5 Å². The molecule has 1 aliphatic carbocycles. The summed E-state index contributed by atoms with van der Waals surface area (Å²) in [6.45, 7) is -0.116. The van der Waals surface area contributed by atoms with Crippen LogP contribution in [0, 0.1) is 11.7 Å². The van der Waals surface area contributed by atoms with Crippen molar-refractivity contribution in [3.8, 4) is 11.5 Å². The van der Waals surface area contributed by atoms with Gasteiger partial charge < -0.3 is 30.7 Å². The molecule has 2 amide bonds. The molecule has 4 N–H and O–H groups in total. The average molecular weight is 478 g/mol. The van der Waals surface area contributed by atoms with Crippen molar-refractivity contribution in [2.45, 2.75) is 18.9 Å². The van der Waals surface area contributed by atoms with Crippen LogP contribution in [0.1, 0.15) is 12.8 Å². The predicted molar refractivity (Wildman–Crippen MR) is 127 cm³/mol. The molecule has 35 heavy (non-hydrogen) atoms. The number of anilines is 5. The molecule has 2 aromatic carbocycles. The highest BCUT2D eigenvalue weighted by Gasteiger charge is 2.40. The second-order valence-corrected chi connectivity index (χ2v) is 8.21. The molecule has 3 aromatic rings. The number of halogens is 1. The van der Waals surface area contributed by atoms with Crippen molar-refractivity contribution in [3.63, 3.8) is 0 Å². The van der Waals surface area contributed by atoms with E-state index < -0.39 is 11.9 Å². The molecule has 0 spiro atoms. The van der Waals surface area contributed by atoms with Gasteiger partial charge in [-0.3, -0.25) is 9.59 Å². The normalized spacial score (nSPS) is 16.4. The van der Waals surface area contributed by atoms with Gasteiger partial charge in [0.25, 0.3) is 11.8 Å². The second kappa shape index (κ2) is 9.45. The summed E-state index contributed by atoms with van der Waals surface area (Å²) >= 11 is 0. The Morgan fingerprint density at radius 2 is 2.03 bits per heavy atom. The first kappa shape index (κ1) is 22.4. The third kappa shape index (κ3) is 5.24. The minimum absolute atomic E-state index is 0.0478. The van der Waals surface area contributed by atoms with Gasteiger partial charge in [0.2, 0.25) is 5.95 Å². The molecule has 5 rings (SSSR count). The minimum atomic E-state index is -0.648. The lowest BCUT2D eigenvalue weighted by molar-refractivity contribution is -0.124. The van der Waals surface area contributed by atoms with Crippen molar-refractivity contribution < 1.29 is 23.5 Å². The lowest BCUT2D eigenvalue weighted by Gasteiger charge is -2.26. The molecule has 1 aliphatic heterocycles. The van der Waals surface area contributed by atoms with Crippen LogP contribution >= 0.6 is 0 Å². The summed E-state index contributed by atoms with van der Waals surface area (Å²) in [5.74, 6) is 0.357. The monoisotopic (exact) mass is 478 g/mol. The van der Waals surface area contributed by atoms with Gasteiger partial charge in [0.15, 0.2) is 24.3 Å². The predicted octanol–water partition coefficient (Wildman–Crippen LogP) is 3.34. The number of likely N-dealkylation sites (N-methyl/N-ethyl adjacent to an activating group) is 1. The van der Waals surface area contributed by atoms with E-state index in [1.807, 2.05) is 0 Å².